The van der Waals surface area contributed by atoms with E-state index in [1.165, 1.54) is 0 Å². The molecular formula is C13H19Br2NO4. The molecule has 20 heavy (non-hydrogen) atoms. The quantitative estimate of drug-likeness (QED) is 0.609. The minimum absolute atomic E-state index is 0.206. The molecule has 0 aliphatic carbocycles. The fraction of sp³-hybridized carbons (Fsp3) is 0.538. The Morgan fingerprint density at radius 3 is 2.50 bits per heavy atom. The lowest BCUT2D eigenvalue weighted by molar-refractivity contribution is 0.103. The fourth-order valence-electron chi connectivity index (χ4n) is 1.47. The van der Waals surface area contributed by atoms with Gasteiger partial charge in [0.2, 0.25) is 0 Å². The molecule has 0 saturated heterocycles. The second-order valence-corrected chi connectivity index (χ2v) is 5.79. The van der Waals surface area contributed by atoms with Crippen LogP contribution in [0.3, 0.4) is 0 Å². The number of ether oxygens (including phenoxy) is 3. The first-order chi connectivity index (χ1) is 9.58. The van der Waals surface area contributed by atoms with Crippen LogP contribution in [0.2, 0.25) is 0 Å². The zero-order chi connectivity index (χ0) is 15.0. The predicted octanol–water partition coefficient (Wildman–Crippen LogP) is 2.20. The maximum Gasteiger partial charge on any atom is 0.135 e. The summed E-state index contributed by atoms with van der Waals surface area (Å²) in [4.78, 5) is 0. The maximum atomic E-state index is 9.79. The van der Waals surface area contributed by atoms with E-state index >= 15 is 0 Å². The Hall–Kier alpha value is -0.340. The number of aliphatic hydroxyl groups is 1. The summed E-state index contributed by atoms with van der Waals surface area (Å²) in [6.45, 7) is 1.98. The van der Waals surface area contributed by atoms with Crippen LogP contribution in [-0.4, -0.2) is 51.7 Å². The molecule has 1 atom stereocenters. The molecule has 5 nitrogen and oxygen atoms in total. The van der Waals surface area contributed by atoms with Gasteiger partial charge in [-0.1, -0.05) is 0 Å². The highest BCUT2D eigenvalue weighted by Crippen LogP contribution is 2.35. The van der Waals surface area contributed by atoms with Gasteiger partial charge in [0, 0.05) is 20.2 Å². The van der Waals surface area contributed by atoms with Crippen molar-refractivity contribution in [3.63, 3.8) is 0 Å². The standard InChI is InChI=1S/C13H19Br2NO4/c1-18-4-3-16-7-9(17)8-20-13-6-10(14)12(19-2)5-11(13)15/h5-6,9,16-17H,3-4,7-8H2,1-2H3. The minimum atomic E-state index is -0.584. The van der Waals surface area contributed by atoms with Gasteiger partial charge in [0.05, 0.1) is 22.7 Å². The lowest BCUT2D eigenvalue weighted by Crippen LogP contribution is -2.33. The van der Waals surface area contributed by atoms with Crippen LogP contribution in [0.15, 0.2) is 21.1 Å². The molecule has 2 N–H and O–H groups in total. The number of benzene rings is 1. The summed E-state index contributed by atoms with van der Waals surface area (Å²) in [5, 5.41) is 12.9. The normalized spacial score (nSPS) is 12.2. The Morgan fingerprint density at radius 2 is 1.85 bits per heavy atom. The van der Waals surface area contributed by atoms with Crippen molar-refractivity contribution in [2.45, 2.75) is 6.10 Å². The van der Waals surface area contributed by atoms with Crippen LogP contribution in [0.1, 0.15) is 0 Å². The predicted molar refractivity (Wildman–Crippen MR) is 84.6 cm³/mol. The van der Waals surface area contributed by atoms with Gasteiger partial charge in [0.25, 0.3) is 0 Å². The highest BCUT2D eigenvalue weighted by Gasteiger charge is 2.10. The van der Waals surface area contributed by atoms with Gasteiger partial charge in [-0.2, -0.15) is 0 Å². The van der Waals surface area contributed by atoms with E-state index in [0.29, 0.717) is 31.2 Å². The Balaban J connectivity index is 2.43. The van der Waals surface area contributed by atoms with E-state index in [2.05, 4.69) is 37.2 Å². The molecule has 0 aliphatic rings. The van der Waals surface area contributed by atoms with Gasteiger partial charge in [0.15, 0.2) is 0 Å². The number of nitrogens with one attached hydrogen (secondary N) is 1. The first-order valence-corrected chi connectivity index (χ1v) is 7.70. The summed E-state index contributed by atoms with van der Waals surface area (Å²) < 4.78 is 17.2. The van der Waals surface area contributed by atoms with Crippen molar-refractivity contribution >= 4 is 31.9 Å². The van der Waals surface area contributed by atoms with Crippen molar-refractivity contribution in [3.05, 3.63) is 21.1 Å². The van der Waals surface area contributed by atoms with Crippen LogP contribution < -0.4 is 14.8 Å². The van der Waals surface area contributed by atoms with E-state index in [0.717, 1.165) is 8.95 Å². The molecular weight excluding hydrogens is 394 g/mol. The number of methoxy groups -OCH3 is 2. The lowest BCUT2D eigenvalue weighted by Gasteiger charge is -2.15. The van der Waals surface area contributed by atoms with E-state index in [-0.39, 0.29) is 6.61 Å². The van der Waals surface area contributed by atoms with Crippen LogP contribution in [0.4, 0.5) is 0 Å². The van der Waals surface area contributed by atoms with Crippen molar-refractivity contribution in [1.29, 1.82) is 0 Å². The average Bonchev–Trinajstić information content (AvgIpc) is 2.44. The van der Waals surface area contributed by atoms with Crippen molar-refractivity contribution in [3.8, 4) is 11.5 Å². The largest absolute Gasteiger partial charge is 0.496 e. The monoisotopic (exact) mass is 411 g/mol. The number of hydrogen-bond donors (Lipinski definition) is 2. The highest BCUT2D eigenvalue weighted by molar-refractivity contribution is 9.11. The molecule has 0 aromatic heterocycles. The zero-order valence-electron chi connectivity index (χ0n) is 11.5. The van der Waals surface area contributed by atoms with E-state index in [4.69, 9.17) is 14.2 Å². The third-order valence-electron chi connectivity index (χ3n) is 2.50. The Kier molecular flexibility index (Phi) is 8.47. The van der Waals surface area contributed by atoms with E-state index < -0.39 is 6.10 Å². The topological polar surface area (TPSA) is 60.0 Å². The Bertz CT molecular complexity index is 418. The first kappa shape index (κ1) is 17.7. The van der Waals surface area contributed by atoms with Gasteiger partial charge in [0.1, 0.15) is 24.2 Å². The smallest absolute Gasteiger partial charge is 0.135 e. The molecule has 0 amide bonds. The molecule has 1 unspecified atom stereocenters. The van der Waals surface area contributed by atoms with Crippen LogP contribution in [0.5, 0.6) is 11.5 Å². The average molecular weight is 413 g/mol. The Labute approximate surface area is 135 Å². The van der Waals surface area contributed by atoms with Gasteiger partial charge in [-0.05, 0) is 44.0 Å². The van der Waals surface area contributed by atoms with Gasteiger partial charge >= 0.3 is 0 Å². The maximum absolute atomic E-state index is 9.79. The molecule has 0 spiro atoms. The van der Waals surface area contributed by atoms with Crippen LogP contribution in [0, 0.1) is 0 Å². The molecule has 0 radical (unpaired) electrons. The number of aliphatic hydroxyl groups excluding tert-OH is 1. The van der Waals surface area contributed by atoms with Crippen molar-refractivity contribution in [2.24, 2.45) is 0 Å². The van der Waals surface area contributed by atoms with Crippen LogP contribution in [-0.2, 0) is 4.74 Å². The molecule has 1 aromatic rings. The second-order valence-electron chi connectivity index (χ2n) is 4.08. The third kappa shape index (κ3) is 5.97. The third-order valence-corrected chi connectivity index (χ3v) is 3.74. The molecule has 114 valence electrons. The summed E-state index contributed by atoms with van der Waals surface area (Å²) in [5.41, 5.74) is 0. The summed E-state index contributed by atoms with van der Waals surface area (Å²) in [7, 11) is 3.24. The summed E-state index contributed by atoms with van der Waals surface area (Å²) in [6.07, 6.45) is -0.584. The zero-order valence-corrected chi connectivity index (χ0v) is 14.7. The fourth-order valence-corrected chi connectivity index (χ4v) is 2.39. The first-order valence-electron chi connectivity index (χ1n) is 6.12. The SMILES string of the molecule is COCCNCC(O)COc1cc(Br)c(OC)cc1Br. The Morgan fingerprint density at radius 1 is 1.20 bits per heavy atom. The van der Waals surface area contributed by atoms with E-state index in [1.807, 2.05) is 6.07 Å². The van der Waals surface area contributed by atoms with Crippen molar-refractivity contribution < 1.29 is 19.3 Å². The summed E-state index contributed by atoms with van der Waals surface area (Å²) >= 11 is 6.80. The molecule has 1 rings (SSSR count). The van der Waals surface area contributed by atoms with Gasteiger partial charge in [-0.25, -0.2) is 0 Å². The number of rotatable bonds is 9. The summed E-state index contributed by atoms with van der Waals surface area (Å²) in [5.74, 6) is 1.36. The molecule has 0 fully saturated rings. The molecule has 0 saturated carbocycles. The van der Waals surface area contributed by atoms with E-state index in [1.54, 1.807) is 20.3 Å². The minimum Gasteiger partial charge on any atom is -0.496 e. The van der Waals surface area contributed by atoms with Gasteiger partial charge < -0.3 is 24.6 Å². The molecule has 7 heteroatoms. The van der Waals surface area contributed by atoms with Crippen molar-refractivity contribution in [1.82, 2.24) is 5.32 Å². The number of halogens is 2. The van der Waals surface area contributed by atoms with Gasteiger partial charge in [-0.3, -0.25) is 0 Å². The second kappa shape index (κ2) is 9.57. The van der Waals surface area contributed by atoms with E-state index in [9.17, 15) is 5.11 Å². The number of hydrogen-bond acceptors (Lipinski definition) is 5. The highest BCUT2D eigenvalue weighted by atomic mass is 79.9. The lowest BCUT2D eigenvalue weighted by atomic mass is 10.3. The molecule has 1 aromatic carbocycles. The molecule has 0 heterocycles. The van der Waals surface area contributed by atoms with Crippen molar-refractivity contribution in [2.75, 3.05) is 40.5 Å². The van der Waals surface area contributed by atoms with Crippen LogP contribution in [0.25, 0.3) is 0 Å². The summed E-state index contributed by atoms with van der Waals surface area (Å²) in [6, 6.07) is 3.61. The molecule has 0 bridgehead atoms. The molecule has 0 aliphatic heterocycles. The van der Waals surface area contributed by atoms with Gasteiger partial charge in [-0.15, -0.1) is 0 Å². The van der Waals surface area contributed by atoms with Crippen LogP contribution >= 0.6 is 31.9 Å².